The second-order valence-corrected chi connectivity index (χ2v) is 4.38. The largest absolute Gasteiger partial charge is 0.483 e. The first-order valence-electron chi connectivity index (χ1n) is 5.94. The molecule has 19 heavy (non-hydrogen) atoms. The molecule has 1 aromatic heterocycles. The van der Waals surface area contributed by atoms with Gasteiger partial charge in [0, 0.05) is 7.05 Å². The topological polar surface area (TPSA) is 60.2 Å². The Labute approximate surface area is 110 Å². The molecule has 0 amide bonds. The Morgan fingerprint density at radius 3 is 2.68 bits per heavy atom. The molecule has 0 saturated heterocycles. The molecular formula is C13H16FN3O2. The fourth-order valence-electron chi connectivity index (χ4n) is 1.61. The lowest BCUT2D eigenvalue weighted by Gasteiger charge is -2.09. The molecule has 2 aromatic rings. The van der Waals surface area contributed by atoms with Crippen molar-refractivity contribution in [1.29, 1.82) is 0 Å². The van der Waals surface area contributed by atoms with Crippen LogP contribution in [0.5, 0.6) is 5.75 Å². The van der Waals surface area contributed by atoms with Crippen molar-refractivity contribution in [2.45, 2.75) is 26.6 Å². The van der Waals surface area contributed by atoms with Gasteiger partial charge in [-0.3, -0.25) is 0 Å². The van der Waals surface area contributed by atoms with Crippen molar-refractivity contribution in [3.8, 4) is 5.75 Å². The Kier molecular flexibility index (Phi) is 3.80. The summed E-state index contributed by atoms with van der Waals surface area (Å²) in [5, 5.41) is 17.2. The molecule has 0 spiro atoms. The number of aryl methyl sites for hydroxylation is 1. The maximum atomic E-state index is 13.7. The number of rotatable bonds is 4. The van der Waals surface area contributed by atoms with Gasteiger partial charge in [0.15, 0.2) is 17.4 Å². The summed E-state index contributed by atoms with van der Waals surface area (Å²) in [5.41, 5.74) is 0.513. The van der Waals surface area contributed by atoms with Gasteiger partial charge in [-0.15, -0.1) is 10.2 Å². The zero-order valence-electron chi connectivity index (χ0n) is 11.1. The molecule has 1 N–H and O–H groups in total. The van der Waals surface area contributed by atoms with Crippen LogP contribution in [0.2, 0.25) is 0 Å². The first kappa shape index (κ1) is 13.5. The summed E-state index contributed by atoms with van der Waals surface area (Å²) in [6.45, 7) is 3.55. The van der Waals surface area contributed by atoms with Gasteiger partial charge in [0.1, 0.15) is 12.4 Å². The van der Waals surface area contributed by atoms with Gasteiger partial charge in [0.2, 0.25) is 0 Å². The minimum Gasteiger partial charge on any atom is -0.483 e. The second kappa shape index (κ2) is 5.36. The van der Waals surface area contributed by atoms with Crippen LogP contribution in [-0.2, 0) is 13.7 Å². The van der Waals surface area contributed by atoms with Crippen molar-refractivity contribution < 1.29 is 14.2 Å². The molecule has 1 atom stereocenters. The number of benzene rings is 1. The lowest BCUT2D eigenvalue weighted by atomic mass is 10.1. The van der Waals surface area contributed by atoms with E-state index in [2.05, 4.69) is 10.2 Å². The summed E-state index contributed by atoms with van der Waals surface area (Å²) in [6, 6.07) is 4.40. The van der Waals surface area contributed by atoms with Gasteiger partial charge >= 0.3 is 0 Å². The van der Waals surface area contributed by atoms with Crippen LogP contribution < -0.4 is 4.74 Å². The number of aliphatic hydroxyl groups excluding tert-OH is 1. The minimum atomic E-state index is -0.704. The molecule has 2 rings (SSSR count). The van der Waals surface area contributed by atoms with E-state index in [-0.39, 0.29) is 12.4 Å². The number of hydrogen-bond acceptors (Lipinski definition) is 4. The van der Waals surface area contributed by atoms with Gasteiger partial charge < -0.3 is 14.4 Å². The summed E-state index contributed by atoms with van der Waals surface area (Å²) >= 11 is 0. The maximum Gasteiger partial charge on any atom is 0.170 e. The van der Waals surface area contributed by atoms with Gasteiger partial charge in [-0.05, 0) is 31.5 Å². The van der Waals surface area contributed by atoms with Crippen molar-refractivity contribution >= 4 is 0 Å². The van der Waals surface area contributed by atoms with E-state index in [0.29, 0.717) is 11.4 Å². The Hall–Kier alpha value is -1.95. The van der Waals surface area contributed by atoms with Crippen LogP contribution in [0.1, 0.15) is 30.2 Å². The van der Waals surface area contributed by atoms with Crippen molar-refractivity contribution in [3.63, 3.8) is 0 Å². The highest BCUT2D eigenvalue weighted by Gasteiger charge is 2.10. The Bertz CT molecular complexity index is 581. The van der Waals surface area contributed by atoms with Gasteiger partial charge in [-0.2, -0.15) is 0 Å². The van der Waals surface area contributed by atoms with Crippen LogP contribution in [-0.4, -0.2) is 19.9 Å². The summed E-state index contributed by atoms with van der Waals surface area (Å²) in [4.78, 5) is 0. The molecule has 102 valence electrons. The van der Waals surface area contributed by atoms with Crippen LogP contribution in [0.15, 0.2) is 18.2 Å². The van der Waals surface area contributed by atoms with Crippen LogP contribution >= 0.6 is 0 Å². The molecule has 5 nitrogen and oxygen atoms in total. The van der Waals surface area contributed by atoms with E-state index in [1.165, 1.54) is 12.1 Å². The number of aliphatic hydroxyl groups is 1. The first-order chi connectivity index (χ1) is 8.99. The third-order valence-corrected chi connectivity index (χ3v) is 2.98. The summed E-state index contributed by atoms with van der Waals surface area (Å²) in [7, 11) is 1.82. The molecule has 0 saturated carbocycles. The van der Waals surface area contributed by atoms with Gasteiger partial charge in [0.05, 0.1) is 6.10 Å². The Morgan fingerprint density at radius 1 is 1.42 bits per heavy atom. The van der Waals surface area contributed by atoms with E-state index >= 15 is 0 Å². The standard InChI is InChI=1S/C13H16FN3O2/c1-8(18)10-4-5-12(11(14)6-10)19-7-13-16-15-9(2)17(13)3/h4-6,8,18H,7H2,1-3H3/t8-/m0/s1. The number of nitrogens with zero attached hydrogens (tertiary/aromatic N) is 3. The molecule has 6 heteroatoms. The summed E-state index contributed by atoms with van der Waals surface area (Å²) in [5.74, 6) is 1.02. The molecule has 0 fully saturated rings. The van der Waals surface area contributed by atoms with E-state index in [1.807, 2.05) is 14.0 Å². The highest BCUT2D eigenvalue weighted by molar-refractivity contribution is 5.30. The normalized spacial score (nSPS) is 12.5. The number of hydrogen-bond donors (Lipinski definition) is 1. The van der Waals surface area contributed by atoms with Crippen molar-refractivity contribution in [2.75, 3.05) is 0 Å². The van der Waals surface area contributed by atoms with E-state index in [9.17, 15) is 9.50 Å². The fraction of sp³-hybridized carbons (Fsp3) is 0.385. The smallest absolute Gasteiger partial charge is 0.170 e. The third kappa shape index (κ3) is 2.90. The highest BCUT2D eigenvalue weighted by Crippen LogP contribution is 2.22. The fourth-order valence-corrected chi connectivity index (χ4v) is 1.61. The summed E-state index contributed by atoms with van der Waals surface area (Å²) in [6.07, 6.45) is -0.704. The third-order valence-electron chi connectivity index (χ3n) is 2.98. The Balaban J connectivity index is 2.10. The molecule has 0 aliphatic carbocycles. The zero-order chi connectivity index (χ0) is 14.0. The number of ether oxygens (including phenoxy) is 1. The van der Waals surface area contributed by atoms with Gasteiger partial charge in [-0.25, -0.2) is 4.39 Å². The van der Waals surface area contributed by atoms with Crippen LogP contribution in [0.25, 0.3) is 0 Å². The van der Waals surface area contributed by atoms with Crippen molar-refractivity contribution in [3.05, 3.63) is 41.2 Å². The molecular weight excluding hydrogens is 249 g/mol. The lowest BCUT2D eigenvalue weighted by Crippen LogP contribution is -2.05. The van der Waals surface area contributed by atoms with E-state index < -0.39 is 11.9 Å². The monoisotopic (exact) mass is 265 g/mol. The average Bonchev–Trinajstić information content (AvgIpc) is 2.68. The zero-order valence-corrected chi connectivity index (χ0v) is 11.1. The van der Waals surface area contributed by atoms with E-state index in [4.69, 9.17) is 4.74 Å². The molecule has 0 radical (unpaired) electrons. The van der Waals surface area contributed by atoms with E-state index in [1.54, 1.807) is 17.6 Å². The van der Waals surface area contributed by atoms with Crippen molar-refractivity contribution in [2.24, 2.45) is 7.05 Å². The molecule has 0 aliphatic rings. The molecule has 0 aliphatic heterocycles. The predicted octanol–water partition coefficient (Wildman–Crippen LogP) is 1.89. The quantitative estimate of drug-likeness (QED) is 0.917. The van der Waals surface area contributed by atoms with E-state index in [0.717, 1.165) is 5.82 Å². The number of aromatic nitrogens is 3. The Morgan fingerprint density at radius 2 is 2.16 bits per heavy atom. The minimum absolute atomic E-state index is 0.130. The number of halogens is 1. The summed E-state index contributed by atoms with van der Waals surface area (Å²) < 4.78 is 20.9. The van der Waals surface area contributed by atoms with Crippen LogP contribution in [0.4, 0.5) is 4.39 Å². The molecule has 1 aromatic carbocycles. The van der Waals surface area contributed by atoms with Gasteiger partial charge in [-0.1, -0.05) is 6.07 Å². The first-order valence-corrected chi connectivity index (χ1v) is 5.94. The van der Waals surface area contributed by atoms with Crippen molar-refractivity contribution in [1.82, 2.24) is 14.8 Å². The van der Waals surface area contributed by atoms with Crippen LogP contribution in [0.3, 0.4) is 0 Å². The SMILES string of the molecule is Cc1nnc(COc2ccc([C@H](C)O)cc2F)n1C. The molecule has 0 bridgehead atoms. The van der Waals surface area contributed by atoms with Crippen LogP contribution in [0, 0.1) is 12.7 Å². The average molecular weight is 265 g/mol. The predicted molar refractivity (Wildman–Crippen MR) is 67.1 cm³/mol. The maximum absolute atomic E-state index is 13.7. The molecule has 1 heterocycles. The molecule has 0 unspecified atom stereocenters. The highest BCUT2D eigenvalue weighted by atomic mass is 19.1. The van der Waals surface area contributed by atoms with Gasteiger partial charge in [0.25, 0.3) is 0 Å². The lowest BCUT2D eigenvalue weighted by molar-refractivity contribution is 0.198. The second-order valence-electron chi connectivity index (χ2n) is 4.38.